The Balaban J connectivity index is 1.31. The van der Waals surface area contributed by atoms with Crippen molar-refractivity contribution in [3.63, 3.8) is 0 Å². The molecule has 180 valence electrons. The normalized spacial score (nSPS) is 17.9. The molecule has 0 bridgehead atoms. The highest BCUT2D eigenvalue weighted by Crippen LogP contribution is 2.32. The van der Waals surface area contributed by atoms with Crippen LogP contribution in [0.1, 0.15) is 52.7 Å². The predicted molar refractivity (Wildman–Crippen MR) is 128 cm³/mol. The van der Waals surface area contributed by atoms with Crippen molar-refractivity contribution in [1.29, 1.82) is 0 Å². The van der Waals surface area contributed by atoms with Gasteiger partial charge in [0.25, 0.3) is 11.8 Å². The van der Waals surface area contributed by atoms with Gasteiger partial charge in [0.05, 0.1) is 11.7 Å². The standard InChI is InChI=1S/C24H25N7O4/c1-24(7-4-15(25)5-8-24)13-27-22(33)18-11-17(29-20-6-9-28-31(18)20)21(32)26-12-14-2-3-19-16(10-14)30-23(34)35-19/h2-4,6,9-11H,5,7-8,12-13,25H2,1H3,(H,26,32)(H,27,33)(H,30,34). The smallest absolute Gasteiger partial charge is 0.408 e. The maximum atomic E-state index is 13.1. The van der Waals surface area contributed by atoms with Crippen LogP contribution in [0.5, 0.6) is 0 Å². The van der Waals surface area contributed by atoms with E-state index in [9.17, 15) is 14.4 Å². The Morgan fingerprint density at radius 1 is 1.23 bits per heavy atom. The first kappa shape index (κ1) is 22.4. The van der Waals surface area contributed by atoms with Gasteiger partial charge in [-0.3, -0.25) is 14.6 Å². The largest absolute Gasteiger partial charge is 0.417 e. The number of aromatic nitrogens is 4. The number of oxazole rings is 1. The third-order valence-corrected chi connectivity index (χ3v) is 6.31. The first-order chi connectivity index (χ1) is 16.8. The molecule has 1 atom stereocenters. The molecule has 3 aromatic heterocycles. The third kappa shape index (κ3) is 4.65. The number of allylic oxidation sites excluding steroid dienone is 2. The van der Waals surface area contributed by atoms with E-state index >= 15 is 0 Å². The van der Waals surface area contributed by atoms with Crippen molar-refractivity contribution >= 4 is 28.6 Å². The zero-order valence-electron chi connectivity index (χ0n) is 19.1. The zero-order chi connectivity index (χ0) is 24.6. The number of nitrogens with two attached hydrogens (primary N) is 1. The van der Waals surface area contributed by atoms with Crippen molar-refractivity contribution in [3.05, 3.63) is 75.8 Å². The Labute approximate surface area is 199 Å². The number of H-pyrrole nitrogens is 1. The van der Waals surface area contributed by atoms with Crippen molar-refractivity contribution in [2.45, 2.75) is 32.7 Å². The second kappa shape index (κ2) is 8.75. The number of amides is 2. The highest BCUT2D eigenvalue weighted by Gasteiger charge is 2.28. The van der Waals surface area contributed by atoms with Crippen LogP contribution in [0.3, 0.4) is 0 Å². The first-order valence-electron chi connectivity index (χ1n) is 11.3. The molecule has 5 N–H and O–H groups in total. The number of nitrogens with zero attached hydrogens (tertiary/aromatic N) is 3. The van der Waals surface area contributed by atoms with Crippen LogP contribution in [0.2, 0.25) is 0 Å². The van der Waals surface area contributed by atoms with Gasteiger partial charge in [-0.15, -0.1) is 0 Å². The van der Waals surface area contributed by atoms with Crippen LogP contribution >= 0.6 is 0 Å². The molecule has 4 aromatic rings. The molecule has 0 fully saturated rings. The van der Waals surface area contributed by atoms with Gasteiger partial charge >= 0.3 is 5.76 Å². The SMILES string of the molecule is CC1(CNC(=O)c2cc(C(=O)NCc3ccc4oc(=O)[nH]c4c3)nc3ccnn23)CC=C(N)CC1. The molecule has 11 heteroatoms. The average molecular weight is 476 g/mol. The molecular weight excluding hydrogens is 450 g/mol. The quantitative estimate of drug-likeness (QED) is 0.331. The molecule has 3 heterocycles. The fraction of sp³-hybridized carbons (Fsp3) is 0.292. The number of hydrogen-bond donors (Lipinski definition) is 4. The van der Waals surface area contributed by atoms with E-state index in [-0.39, 0.29) is 29.3 Å². The summed E-state index contributed by atoms with van der Waals surface area (Å²) in [5.41, 5.74) is 9.14. The molecule has 35 heavy (non-hydrogen) atoms. The van der Waals surface area contributed by atoms with E-state index in [4.69, 9.17) is 10.2 Å². The molecular formula is C24H25N7O4. The Morgan fingerprint density at radius 3 is 2.89 bits per heavy atom. The summed E-state index contributed by atoms with van der Waals surface area (Å²) in [7, 11) is 0. The van der Waals surface area contributed by atoms with Crippen LogP contribution in [0.4, 0.5) is 0 Å². The molecule has 11 nitrogen and oxygen atoms in total. The number of fused-ring (bicyclic) bond motifs is 2. The lowest BCUT2D eigenvalue weighted by Gasteiger charge is -2.32. The van der Waals surface area contributed by atoms with E-state index in [2.05, 4.69) is 32.6 Å². The molecule has 1 aliphatic carbocycles. The Morgan fingerprint density at radius 2 is 2.09 bits per heavy atom. The van der Waals surface area contributed by atoms with Gasteiger partial charge in [-0.25, -0.2) is 14.3 Å². The number of carbonyl (C=O) groups excluding carboxylic acids is 2. The van der Waals surface area contributed by atoms with Crippen LogP contribution in [-0.2, 0) is 6.54 Å². The minimum absolute atomic E-state index is 0.0879. The maximum Gasteiger partial charge on any atom is 0.417 e. The molecule has 1 aromatic carbocycles. The van der Waals surface area contributed by atoms with Gasteiger partial charge in [0.1, 0.15) is 11.4 Å². The number of benzene rings is 1. The summed E-state index contributed by atoms with van der Waals surface area (Å²) in [6, 6.07) is 8.20. The molecule has 0 spiro atoms. The topological polar surface area (TPSA) is 160 Å². The van der Waals surface area contributed by atoms with Crippen molar-refractivity contribution in [3.8, 4) is 0 Å². The van der Waals surface area contributed by atoms with Gasteiger partial charge in [-0.1, -0.05) is 19.1 Å². The third-order valence-electron chi connectivity index (χ3n) is 6.31. The van der Waals surface area contributed by atoms with Gasteiger partial charge in [0.2, 0.25) is 0 Å². The first-order valence-corrected chi connectivity index (χ1v) is 11.3. The molecule has 5 rings (SSSR count). The van der Waals surface area contributed by atoms with E-state index in [1.807, 2.05) is 6.08 Å². The summed E-state index contributed by atoms with van der Waals surface area (Å²) >= 11 is 0. The van der Waals surface area contributed by atoms with Gasteiger partial charge < -0.3 is 20.8 Å². The number of carbonyl (C=O) groups is 2. The minimum Gasteiger partial charge on any atom is -0.408 e. The monoisotopic (exact) mass is 475 g/mol. The fourth-order valence-corrected chi connectivity index (χ4v) is 4.15. The highest BCUT2D eigenvalue weighted by atomic mass is 16.4. The highest BCUT2D eigenvalue weighted by molar-refractivity contribution is 5.98. The number of nitrogens with one attached hydrogen (secondary N) is 3. The Bertz CT molecular complexity index is 1530. The fourth-order valence-electron chi connectivity index (χ4n) is 4.15. The lowest BCUT2D eigenvalue weighted by molar-refractivity contribution is 0.0922. The summed E-state index contributed by atoms with van der Waals surface area (Å²) in [5, 5.41) is 9.97. The molecule has 0 radical (unpaired) electrons. The van der Waals surface area contributed by atoms with Gasteiger partial charge in [-0.2, -0.15) is 5.10 Å². The van der Waals surface area contributed by atoms with Crippen molar-refractivity contribution in [2.24, 2.45) is 11.1 Å². The van der Waals surface area contributed by atoms with Crippen LogP contribution in [-0.4, -0.2) is 37.9 Å². The van der Waals surface area contributed by atoms with Crippen LogP contribution < -0.4 is 22.1 Å². The van der Waals surface area contributed by atoms with Crippen molar-refractivity contribution in [2.75, 3.05) is 6.54 Å². The number of hydrogen-bond acceptors (Lipinski definition) is 7. The van der Waals surface area contributed by atoms with Crippen LogP contribution in [0.25, 0.3) is 16.7 Å². The predicted octanol–water partition coefficient (Wildman–Crippen LogP) is 1.86. The molecule has 2 amide bonds. The van der Waals surface area contributed by atoms with Crippen molar-refractivity contribution < 1.29 is 14.0 Å². The second-order valence-electron chi connectivity index (χ2n) is 9.13. The summed E-state index contributed by atoms with van der Waals surface area (Å²) in [4.78, 5) is 44.2. The molecule has 0 saturated heterocycles. The Hall–Kier alpha value is -4.41. The summed E-state index contributed by atoms with van der Waals surface area (Å²) in [6.07, 6.45) is 6.02. The molecule has 0 aliphatic heterocycles. The molecule has 0 saturated carbocycles. The molecule has 1 unspecified atom stereocenters. The van der Waals surface area contributed by atoms with E-state index < -0.39 is 11.7 Å². The maximum absolute atomic E-state index is 13.1. The summed E-state index contributed by atoms with van der Waals surface area (Å²) in [6.45, 7) is 2.78. The van der Waals surface area contributed by atoms with E-state index in [0.717, 1.165) is 30.5 Å². The van der Waals surface area contributed by atoms with E-state index in [1.54, 1.807) is 24.3 Å². The van der Waals surface area contributed by atoms with Crippen LogP contribution in [0.15, 0.2) is 57.5 Å². The lowest BCUT2D eigenvalue weighted by Crippen LogP contribution is -2.38. The van der Waals surface area contributed by atoms with Gasteiger partial charge in [0.15, 0.2) is 11.2 Å². The van der Waals surface area contributed by atoms with E-state index in [0.29, 0.717) is 23.3 Å². The minimum atomic E-state index is -0.539. The van der Waals surface area contributed by atoms with Gasteiger partial charge in [-0.05, 0) is 42.4 Å². The van der Waals surface area contributed by atoms with Gasteiger partial charge in [0, 0.05) is 30.9 Å². The van der Waals surface area contributed by atoms with E-state index in [1.165, 1.54) is 16.8 Å². The summed E-state index contributed by atoms with van der Waals surface area (Å²) in [5.74, 6) is -1.32. The summed E-state index contributed by atoms with van der Waals surface area (Å²) < 4.78 is 6.41. The number of rotatable bonds is 6. The second-order valence-corrected chi connectivity index (χ2v) is 9.13. The average Bonchev–Trinajstić information content (AvgIpc) is 3.47. The Kier molecular flexibility index (Phi) is 5.59. The van der Waals surface area contributed by atoms with Crippen molar-refractivity contribution in [1.82, 2.24) is 30.2 Å². The lowest BCUT2D eigenvalue weighted by atomic mass is 9.78. The number of aromatic amines is 1. The molecule has 1 aliphatic rings. The zero-order valence-corrected chi connectivity index (χ0v) is 19.1. The van der Waals surface area contributed by atoms with Crippen LogP contribution in [0, 0.1) is 5.41 Å².